The molecule has 0 aliphatic carbocycles. The van der Waals surface area contributed by atoms with Crippen LogP contribution >= 0.6 is 11.8 Å². The Bertz CT molecular complexity index is 753. The van der Waals surface area contributed by atoms with Crippen molar-refractivity contribution in [3.05, 3.63) is 77.9 Å². The van der Waals surface area contributed by atoms with Gasteiger partial charge in [-0.3, -0.25) is 0 Å². The van der Waals surface area contributed by atoms with Crippen LogP contribution in [0.2, 0.25) is 0 Å². The third-order valence-corrected chi connectivity index (χ3v) is 3.92. The highest BCUT2D eigenvalue weighted by molar-refractivity contribution is 7.98. The second-order valence-electron chi connectivity index (χ2n) is 4.53. The zero-order chi connectivity index (χ0) is 15.2. The molecule has 3 aromatic rings. The zero-order valence-electron chi connectivity index (χ0n) is 11.6. The average molecular weight is 312 g/mol. The van der Waals surface area contributed by atoms with E-state index >= 15 is 0 Å². The molecule has 0 aliphatic rings. The van der Waals surface area contributed by atoms with Crippen LogP contribution in [-0.2, 0) is 5.75 Å². The number of hydrogen-bond acceptors (Lipinski definition) is 4. The van der Waals surface area contributed by atoms with E-state index in [2.05, 4.69) is 27.4 Å². The molecule has 4 nitrogen and oxygen atoms in total. The lowest BCUT2D eigenvalue weighted by Crippen LogP contribution is -1.93. The second-order valence-corrected chi connectivity index (χ2v) is 5.47. The molecule has 0 unspecified atom stereocenters. The van der Waals surface area contributed by atoms with Crippen LogP contribution < -0.4 is 0 Å². The topological polar surface area (TPSA) is 43.1 Å². The molecule has 6 heteroatoms. The third-order valence-electron chi connectivity index (χ3n) is 2.91. The molecule has 3 rings (SSSR count). The number of hydrogen-bond donors (Lipinski definition) is 0. The first-order chi connectivity index (χ1) is 10.8. The van der Waals surface area contributed by atoms with Gasteiger partial charge < -0.3 is 0 Å². The fourth-order valence-electron chi connectivity index (χ4n) is 1.79. The summed E-state index contributed by atoms with van der Waals surface area (Å²) >= 11 is 1.56. The molecule has 1 aromatic heterocycles. The molecule has 0 spiro atoms. The quantitative estimate of drug-likeness (QED) is 0.534. The highest BCUT2D eigenvalue weighted by Gasteiger charge is 2.04. The van der Waals surface area contributed by atoms with E-state index in [1.165, 1.54) is 17.7 Å². The number of benzene rings is 2. The van der Waals surface area contributed by atoms with E-state index in [1.807, 2.05) is 18.2 Å². The first kappa shape index (κ1) is 14.5. The first-order valence-electron chi connectivity index (χ1n) is 6.68. The third kappa shape index (κ3) is 3.79. The smallest absolute Gasteiger partial charge is 0.207 e. The van der Waals surface area contributed by atoms with Gasteiger partial charge in [-0.2, -0.15) is 9.78 Å². The predicted molar refractivity (Wildman–Crippen MR) is 85.4 cm³/mol. The molecule has 0 saturated heterocycles. The van der Waals surface area contributed by atoms with Gasteiger partial charge in [0.15, 0.2) is 0 Å². The van der Waals surface area contributed by atoms with Crippen LogP contribution in [0.5, 0.6) is 0 Å². The van der Waals surface area contributed by atoms with Crippen molar-refractivity contribution in [2.45, 2.75) is 10.9 Å². The summed E-state index contributed by atoms with van der Waals surface area (Å²) in [7, 11) is 0. The Balaban J connectivity index is 1.68. The van der Waals surface area contributed by atoms with Crippen LogP contribution in [0.25, 0.3) is 0 Å². The first-order valence-corrected chi connectivity index (χ1v) is 7.66. The normalized spacial score (nSPS) is 11.1. The van der Waals surface area contributed by atoms with Gasteiger partial charge in [0.1, 0.15) is 12.1 Å². The minimum absolute atomic E-state index is 0.263. The molecule has 0 amide bonds. The summed E-state index contributed by atoms with van der Waals surface area (Å²) in [4.78, 5) is 0. The summed E-state index contributed by atoms with van der Waals surface area (Å²) in [5.74, 6) is 0.534. The second kappa shape index (κ2) is 7.00. The standard InChI is InChI=1S/C16H13FN4S/c17-15-8-6-13(7-9-15)10-19-21-12-18-20-16(21)22-11-14-4-2-1-3-5-14/h1-10,12H,11H2/b19-10-. The number of halogens is 1. The largest absolute Gasteiger partial charge is 0.212 e. The summed E-state index contributed by atoms with van der Waals surface area (Å²) in [5, 5.41) is 13.0. The summed E-state index contributed by atoms with van der Waals surface area (Å²) in [6.45, 7) is 0. The van der Waals surface area contributed by atoms with Gasteiger partial charge in [0.2, 0.25) is 5.16 Å². The van der Waals surface area contributed by atoms with Crippen LogP contribution in [0.3, 0.4) is 0 Å². The fourth-order valence-corrected chi connectivity index (χ4v) is 2.61. The summed E-state index contributed by atoms with van der Waals surface area (Å²) < 4.78 is 14.5. The molecule has 0 N–H and O–H groups in total. The van der Waals surface area contributed by atoms with Crippen LogP contribution in [-0.4, -0.2) is 21.1 Å². The van der Waals surface area contributed by atoms with Crippen molar-refractivity contribution in [2.75, 3.05) is 0 Å². The molecular formula is C16H13FN4S. The average Bonchev–Trinajstić information content (AvgIpc) is 3.01. The van der Waals surface area contributed by atoms with Gasteiger partial charge in [0, 0.05) is 5.75 Å². The maximum absolute atomic E-state index is 12.9. The van der Waals surface area contributed by atoms with E-state index in [4.69, 9.17) is 0 Å². The molecule has 0 aliphatic heterocycles. The molecule has 0 saturated carbocycles. The van der Waals surface area contributed by atoms with Crippen molar-refractivity contribution in [3.8, 4) is 0 Å². The summed E-state index contributed by atoms with van der Waals surface area (Å²) in [5.41, 5.74) is 2.03. The minimum Gasteiger partial charge on any atom is -0.207 e. The Hall–Kier alpha value is -2.47. The van der Waals surface area contributed by atoms with Crippen LogP contribution in [0, 0.1) is 5.82 Å². The highest BCUT2D eigenvalue weighted by Crippen LogP contribution is 2.20. The van der Waals surface area contributed by atoms with Crippen molar-refractivity contribution in [2.24, 2.45) is 5.10 Å². The molecule has 0 atom stereocenters. The maximum atomic E-state index is 12.9. The minimum atomic E-state index is -0.263. The predicted octanol–water partition coefficient (Wildman–Crippen LogP) is 3.59. The van der Waals surface area contributed by atoms with Gasteiger partial charge in [0.25, 0.3) is 0 Å². The Labute approximate surface area is 131 Å². The highest BCUT2D eigenvalue weighted by atomic mass is 32.2. The van der Waals surface area contributed by atoms with E-state index in [-0.39, 0.29) is 5.82 Å². The lowest BCUT2D eigenvalue weighted by molar-refractivity contribution is 0.628. The van der Waals surface area contributed by atoms with Gasteiger partial charge >= 0.3 is 0 Å². The number of thioether (sulfide) groups is 1. The fraction of sp³-hybridized carbons (Fsp3) is 0.0625. The van der Waals surface area contributed by atoms with Crippen LogP contribution in [0.4, 0.5) is 4.39 Å². The van der Waals surface area contributed by atoms with Crippen molar-refractivity contribution in [3.63, 3.8) is 0 Å². The molecule has 1 heterocycles. The molecule has 22 heavy (non-hydrogen) atoms. The van der Waals surface area contributed by atoms with Gasteiger partial charge in [0.05, 0.1) is 6.21 Å². The van der Waals surface area contributed by atoms with Crippen molar-refractivity contribution < 1.29 is 4.39 Å². The number of aromatic nitrogens is 3. The van der Waals surface area contributed by atoms with E-state index in [0.29, 0.717) is 5.16 Å². The summed E-state index contributed by atoms with van der Waals surface area (Å²) in [6.07, 6.45) is 3.20. The van der Waals surface area contributed by atoms with Crippen molar-refractivity contribution >= 4 is 18.0 Å². The molecule has 0 radical (unpaired) electrons. The molecule has 0 fully saturated rings. The van der Waals surface area contributed by atoms with Crippen LogP contribution in [0.1, 0.15) is 11.1 Å². The molecule has 110 valence electrons. The monoisotopic (exact) mass is 312 g/mol. The lowest BCUT2D eigenvalue weighted by Gasteiger charge is -2.01. The maximum Gasteiger partial charge on any atom is 0.212 e. The van der Waals surface area contributed by atoms with E-state index < -0.39 is 0 Å². The van der Waals surface area contributed by atoms with Crippen molar-refractivity contribution in [1.82, 2.24) is 14.9 Å². The Morgan fingerprint density at radius 2 is 1.86 bits per heavy atom. The molecule has 0 bridgehead atoms. The Kier molecular flexibility index (Phi) is 4.60. The van der Waals surface area contributed by atoms with Crippen molar-refractivity contribution in [1.29, 1.82) is 0 Å². The van der Waals surface area contributed by atoms with Gasteiger partial charge in [-0.05, 0) is 23.3 Å². The van der Waals surface area contributed by atoms with Crippen LogP contribution in [0.15, 0.2) is 71.2 Å². The SMILES string of the molecule is Fc1ccc(/C=N\n2cnnc2SCc2ccccc2)cc1. The van der Waals surface area contributed by atoms with E-state index in [1.54, 1.807) is 41.1 Å². The van der Waals surface area contributed by atoms with E-state index in [0.717, 1.165) is 11.3 Å². The van der Waals surface area contributed by atoms with E-state index in [9.17, 15) is 4.39 Å². The van der Waals surface area contributed by atoms with Gasteiger partial charge in [-0.25, -0.2) is 4.39 Å². The zero-order valence-corrected chi connectivity index (χ0v) is 12.4. The van der Waals surface area contributed by atoms with Gasteiger partial charge in [-0.15, -0.1) is 10.2 Å². The lowest BCUT2D eigenvalue weighted by atomic mass is 10.2. The molecule has 2 aromatic carbocycles. The summed E-state index contributed by atoms with van der Waals surface area (Å²) in [6, 6.07) is 16.3. The Morgan fingerprint density at radius 1 is 1.09 bits per heavy atom. The van der Waals surface area contributed by atoms with Gasteiger partial charge in [-0.1, -0.05) is 54.2 Å². The Morgan fingerprint density at radius 3 is 2.64 bits per heavy atom. The number of nitrogens with zero attached hydrogens (tertiary/aromatic N) is 4. The molecular weight excluding hydrogens is 299 g/mol. The number of rotatable bonds is 5.